The van der Waals surface area contributed by atoms with Crippen molar-refractivity contribution in [1.82, 2.24) is 0 Å². The molecule has 0 fully saturated rings. The molecular formula is C8H9BrO2. The summed E-state index contributed by atoms with van der Waals surface area (Å²) in [6.45, 7) is 1.65. The first kappa shape index (κ1) is 8.56. The maximum Gasteiger partial charge on any atom is 0.130 e. The van der Waals surface area contributed by atoms with Gasteiger partial charge < -0.3 is 10.2 Å². The van der Waals surface area contributed by atoms with Gasteiger partial charge in [-0.1, -0.05) is 12.1 Å². The van der Waals surface area contributed by atoms with Crippen LogP contribution in [0.2, 0.25) is 0 Å². The van der Waals surface area contributed by atoms with Gasteiger partial charge in [0.05, 0.1) is 10.6 Å². The van der Waals surface area contributed by atoms with Crippen molar-refractivity contribution in [3.05, 3.63) is 28.2 Å². The van der Waals surface area contributed by atoms with Crippen LogP contribution in [-0.2, 0) is 0 Å². The lowest BCUT2D eigenvalue weighted by atomic mass is 10.1. The molecule has 0 aliphatic carbocycles. The van der Waals surface area contributed by atoms with Crippen LogP contribution in [0.5, 0.6) is 5.75 Å². The molecule has 0 amide bonds. The molecule has 0 spiro atoms. The molecule has 3 heteroatoms. The zero-order valence-electron chi connectivity index (χ0n) is 6.08. The lowest BCUT2D eigenvalue weighted by Gasteiger charge is -2.07. The van der Waals surface area contributed by atoms with E-state index < -0.39 is 6.10 Å². The third-order valence-electron chi connectivity index (χ3n) is 1.46. The zero-order valence-corrected chi connectivity index (χ0v) is 7.67. The second-order valence-electron chi connectivity index (χ2n) is 2.36. The number of aliphatic hydroxyl groups excluding tert-OH is 1. The van der Waals surface area contributed by atoms with Crippen LogP contribution in [0.3, 0.4) is 0 Å². The van der Waals surface area contributed by atoms with Crippen LogP contribution in [0.25, 0.3) is 0 Å². The Hall–Kier alpha value is -0.540. The molecule has 11 heavy (non-hydrogen) atoms. The van der Waals surface area contributed by atoms with E-state index in [4.69, 9.17) is 0 Å². The first-order chi connectivity index (χ1) is 5.13. The summed E-state index contributed by atoms with van der Waals surface area (Å²) in [5, 5.41) is 18.4. The molecule has 0 unspecified atom stereocenters. The largest absolute Gasteiger partial charge is 0.507 e. The standard InChI is InChI=1S/C8H9BrO2/c1-5(10)6-3-2-4-7(11)8(6)9/h2-5,10-11H,1H3/t5-/m1/s1. The highest BCUT2D eigenvalue weighted by Gasteiger charge is 2.07. The first-order valence-corrected chi connectivity index (χ1v) is 4.07. The van der Waals surface area contributed by atoms with Gasteiger partial charge in [0.15, 0.2) is 0 Å². The van der Waals surface area contributed by atoms with E-state index in [9.17, 15) is 10.2 Å². The van der Waals surface area contributed by atoms with Crippen molar-refractivity contribution in [2.75, 3.05) is 0 Å². The molecule has 0 saturated heterocycles. The van der Waals surface area contributed by atoms with Gasteiger partial charge in [0, 0.05) is 0 Å². The normalized spacial score (nSPS) is 13.0. The van der Waals surface area contributed by atoms with E-state index in [0.29, 0.717) is 10.0 Å². The summed E-state index contributed by atoms with van der Waals surface area (Å²) in [7, 11) is 0. The summed E-state index contributed by atoms with van der Waals surface area (Å²) in [5.41, 5.74) is 0.699. The highest BCUT2D eigenvalue weighted by molar-refractivity contribution is 9.10. The Kier molecular flexibility index (Phi) is 2.52. The molecule has 1 aromatic carbocycles. The van der Waals surface area contributed by atoms with E-state index in [-0.39, 0.29) is 5.75 Å². The second kappa shape index (κ2) is 3.24. The van der Waals surface area contributed by atoms with Crippen LogP contribution in [0.15, 0.2) is 22.7 Å². The topological polar surface area (TPSA) is 40.5 Å². The predicted octanol–water partition coefficient (Wildman–Crippen LogP) is 2.21. The van der Waals surface area contributed by atoms with Crippen molar-refractivity contribution in [3.8, 4) is 5.75 Å². The van der Waals surface area contributed by atoms with E-state index >= 15 is 0 Å². The van der Waals surface area contributed by atoms with Gasteiger partial charge >= 0.3 is 0 Å². The van der Waals surface area contributed by atoms with Crippen molar-refractivity contribution >= 4 is 15.9 Å². The van der Waals surface area contributed by atoms with Gasteiger partial charge in [0.25, 0.3) is 0 Å². The van der Waals surface area contributed by atoms with E-state index in [1.54, 1.807) is 25.1 Å². The number of rotatable bonds is 1. The fourth-order valence-corrected chi connectivity index (χ4v) is 1.46. The van der Waals surface area contributed by atoms with Crippen LogP contribution in [0.1, 0.15) is 18.6 Å². The van der Waals surface area contributed by atoms with Crippen LogP contribution >= 0.6 is 15.9 Å². The fourth-order valence-electron chi connectivity index (χ4n) is 0.860. The second-order valence-corrected chi connectivity index (χ2v) is 3.15. The first-order valence-electron chi connectivity index (χ1n) is 3.28. The van der Waals surface area contributed by atoms with Crippen LogP contribution in [-0.4, -0.2) is 10.2 Å². The van der Waals surface area contributed by atoms with Crippen molar-refractivity contribution in [2.45, 2.75) is 13.0 Å². The quantitative estimate of drug-likeness (QED) is 0.756. The molecule has 0 heterocycles. The maximum absolute atomic E-state index is 9.19. The highest BCUT2D eigenvalue weighted by Crippen LogP contribution is 2.30. The third-order valence-corrected chi connectivity index (χ3v) is 2.32. The molecule has 0 saturated carbocycles. The molecule has 2 N–H and O–H groups in total. The van der Waals surface area contributed by atoms with Gasteiger partial charge in [0.2, 0.25) is 0 Å². The third kappa shape index (κ3) is 1.73. The number of halogens is 1. The number of phenols is 1. The summed E-state index contributed by atoms with van der Waals surface area (Å²) in [6.07, 6.45) is -0.559. The Labute approximate surface area is 73.6 Å². The molecule has 0 bridgehead atoms. The lowest BCUT2D eigenvalue weighted by molar-refractivity contribution is 0.198. The minimum atomic E-state index is -0.559. The molecule has 1 aromatic rings. The van der Waals surface area contributed by atoms with Crippen molar-refractivity contribution in [3.63, 3.8) is 0 Å². The number of aromatic hydroxyl groups is 1. The van der Waals surface area contributed by atoms with Gasteiger partial charge in [-0.2, -0.15) is 0 Å². The van der Waals surface area contributed by atoms with Gasteiger partial charge in [-0.3, -0.25) is 0 Å². The Bertz CT molecular complexity index is 258. The molecule has 0 aliphatic heterocycles. The van der Waals surface area contributed by atoms with Crippen LogP contribution in [0, 0.1) is 0 Å². The van der Waals surface area contributed by atoms with Gasteiger partial charge in [-0.25, -0.2) is 0 Å². The average molecular weight is 217 g/mol. The molecule has 2 nitrogen and oxygen atoms in total. The fraction of sp³-hybridized carbons (Fsp3) is 0.250. The Morgan fingerprint density at radius 2 is 2.09 bits per heavy atom. The van der Waals surface area contributed by atoms with Crippen molar-refractivity contribution in [2.24, 2.45) is 0 Å². The van der Waals surface area contributed by atoms with Gasteiger partial charge in [-0.15, -0.1) is 0 Å². The minimum Gasteiger partial charge on any atom is -0.507 e. The SMILES string of the molecule is C[C@@H](O)c1cccc(O)c1Br. The molecular weight excluding hydrogens is 208 g/mol. The van der Waals surface area contributed by atoms with Gasteiger partial charge in [0.1, 0.15) is 5.75 Å². The Morgan fingerprint density at radius 3 is 2.55 bits per heavy atom. The zero-order chi connectivity index (χ0) is 8.43. The average Bonchev–Trinajstić information content (AvgIpc) is 1.94. The van der Waals surface area contributed by atoms with Crippen molar-refractivity contribution in [1.29, 1.82) is 0 Å². The summed E-state index contributed by atoms with van der Waals surface area (Å²) in [5.74, 6) is 0.156. The van der Waals surface area contributed by atoms with Crippen molar-refractivity contribution < 1.29 is 10.2 Å². The number of phenolic OH excluding ortho intramolecular Hbond substituents is 1. The van der Waals surface area contributed by atoms with E-state index in [0.717, 1.165) is 0 Å². The molecule has 1 rings (SSSR count). The molecule has 0 aliphatic rings. The van der Waals surface area contributed by atoms with E-state index in [2.05, 4.69) is 15.9 Å². The number of hydrogen-bond acceptors (Lipinski definition) is 2. The van der Waals surface area contributed by atoms with E-state index in [1.807, 2.05) is 0 Å². The Morgan fingerprint density at radius 1 is 1.45 bits per heavy atom. The minimum absolute atomic E-state index is 0.156. The molecule has 0 radical (unpaired) electrons. The Balaban J connectivity index is 3.17. The lowest BCUT2D eigenvalue weighted by Crippen LogP contribution is -1.91. The van der Waals surface area contributed by atoms with Gasteiger partial charge in [-0.05, 0) is 34.5 Å². The molecule has 60 valence electrons. The maximum atomic E-state index is 9.19. The van der Waals surface area contributed by atoms with Crippen LogP contribution in [0.4, 0.5) is 0 Å². The summed E-state index contributed by atoms with van der Waals surface area (Å²) in [6, 6.07) is 5.02. The number of hydrogen-bond donors (Lipinski definition) is 2. The smallest absolute Gasteiger partial charge is 0.130 e. The summed E-state index contributed by atoms with van der Waals surface area (Å²) < 4.78 is 0.565. The highest BCUT2D eigenvalue weighted by atomic mass is 79.9. The number of aliphatic hydroxyl groups is 1. The molecule has 1 atom stereocenters. The molecule has 0 aromatic heterocycles. The van der Waals surface area contributed by atoms with E-state index in [1.165, 1.54) is 0 Å². The summed E-state index contributed by atoms with van der Waals surface area (Å²) >= 11 is 3.17. The summed E-state index contributed by atoms with van der Waals surface area (Å²) in [4.78, 5) is 0. The predicted molar refractivity (Wildman–Crippen MR) is 46.4 cm³/mol. The number of benzene rings is 1. The van der Waals surface area contributed by atoms with Crippen LogP contribution < -0.4 is 0 Å². The monoisotopic (exact) mass is 216 g/mol.